The highest BCUT2D eigenvalue weighted by atomic mass is 79.9. The van der Waals surface area contributed by atoms with Gasteiger partial charge < -0.3 is 13.9 Å². The predicted octanol–water partition coefficient (Wildman–Crippen LogP) is 4.66. The Kier molecular flexibility index (Phi) is 5.13. The van der Waals surface area contributed by atoms with Gasteiger partial charge in [-0.05, 0) is 29.7 Å². The van der Waals surface area contributed by atoms with Gasteiger partial charge in [-0.25, -0.2) is 9.59 Å². The zero-order valence-corrected chi connectivity index (χ0v) is 17.7. The minimum Gasteiger partial charge on any atom is -0.465 e. The van der Waals surface area contributed by atoms with E-state index >= 15 is 0 Å². The highest BCUT2D eigenvalue weighted by molar-refractivity contribution is 9.10. The number of hydrogen-bond donors (Lipinski definition) is 0. The lowest BCUT2D eigenvalue weighted by Gasteiger charge is -2.09. The first-order valence-electron chi connectivity index (χ1n) is 9.01. The number of rotatable bonds is 4. The van der Waals surface area contributed by atoms with Crippen LogP contribution in [0.2, 0.25) is 0 Å². The average Bonchev–Trinajstić information content (AvgIpc) is 3.13. The minimum atomic E-state index is -0.788. The second-order valence-electron chi connectivity index (χ2n) is 6.53. The number of fused-ring (bicyclic) bond motifs is 3. The topological polar surface area (TPSA) is 74.1 Å². The number of halogens is 1. The molecule has 7 heteroatoms. The zero-order valence-electron chi connectivity index (χ0n) is 16.1. The molecule has 0 unspecified atom stereocenters. The Balaban J connectivity index is 2.22. The Morgan fingerprint density at radius 1 is 0.800 bits per heavy atom. The summed E-state index contributed by atoms with van der Waals surface area (Å²) in [5, 5.41) is 0.821. The van der Waals surface area contributed by atoms with Crippen LogP contribution in [0.15, 0.2) is 65.1 Å². The van der Waals surface area contributed by atoms with Crippen molar-refractivity contribution in [3.63, 3.8) is 0 Å². The lowest BCUT2D eigenvalue weighted by atomic mass is 10.0. The molecule has 0 aliphatic carbocycles. The molecule has 0 spiro atoms. The third kappa shape index (κ3) is 3.07. The summed E-state index contributed by atoms with van der Waals surface area (Å²) in [5.41, 5.74) is 1.36. The highest BCUT2D eigenvalue weighted by Gasteiger charge is 2.33. The first-order valence-corrected chi connectivity index (χ1v) is 9.80. The van der Waals surface area contributed by atoms with Crippen molar-refractivity contribution in [1.29, 1.82) is 0 Å². The van der Waals surface area contributed by atoms with E-state index in [1.54, 1.807) is 40.8 Å². The third-order valence-corrected chi connectivity index (χ3v) is 5.38. The molecule has 0 fully saturated rings. The van der Waals surface area contributed by atoms with Crippen molar-refractivity contribution < 1.29 is 23.9 Å². The van der Waals surface area contributed by atoms with Crippen molar-refractivity contribution in [2.45, 2.75) is 0 Å². The zero-order chi connectivity index (χ0) is 21.4. The first-order chi connectivity index (χ1) is 14.5. The SMILES string of the molecule is COC(=O)c1c(C(=O)OC)c2ccc3cc(Br)ccc3n2c1C(=O)c1ccccc1. The van der Waals surface area contributed by atoms with E-state index in [1.807, 2.05) is 24.3 Å². The van der Waals surface area contributed by atoms with Crippen LogP contribution in [0.3, 0.4) is 0 Å². The Hall–Kier alpha value is -3.45. The Labute approximate surface area is 180 Å². The van der Waals surface area contributed by atoms with Gasteiger partial charge in [0, 0.05) is 10.0 Å². The molecule has 0 aliphatic heterocycles. The molecule has 0 saturated carbocycles. The molecule has 4 aromatic rings. The van der Waals surface area contributed by atoms with Gasteiger partial charge >= 0.3 is 11.9 Å². The standard InChI is InChI=1S/C23H16BrNO5/c1-29-22(27)18-17-10-8-14-12-15(24)9-11-16(14)25(17)20(19(18)23(28)30-2)21(26)13-6-4-3-5-7-13/h3-12H,1-2H3. The van der Waals surface area contributed by atoms with Crippen LogP contribution in [0.1, 0.15) is 36.8 Å². The van der Waals surface area contributed by atoms with E-state index in [0.717, 1.165) is 9.86 Å². The number of benzene rings is 2. The molecule has 150 valence electrons. The van der Waals surface area contributed by atoms with Gasteiger partial charge in [-0.3, -0.25) is 4.79 Å². The fourth-order valence-corrected chi connectivity index (χ4v) is 3.96. The van der Waals surface area contributed by atoms with Crippen molar-refractivity contribution in [3.8, 4) is 0 Å². The summed E-state index contributed by atoms with van der Waals surface area (Å²) in [6.45, 7) is 0. The number of pyridine rings is 1. The van der Waals surface area contributed by atoms with Gasteiger partial charge in [0.05, 0.1) is 25.3 Å². The molecule has 4 rings (SSSR count). The molecule has 0 radical (unpaired) electrons. The molecule has 0 atom stereocenters. The summed E-state index contributed by atoms with van der Waals surface area (Å²) in [6.07, 6.45) is 0. The molecule has 2 aromatic heterocycles. The summed E-state index contributed by atoms with van der Waals surface area (Å²) in [7, 11) is 2.43. The molecule has 0 saturated heterocycles. The second-order valence-corrected chi connectivity index (χ2v) is 7.45. The van der Waals surface area contributed by atoms with Gasteiger partial charge in [0.25, 0.3) is 0 Å². The number of esters is 2. The molecule has 0 aliphatic rings. The van der Waals surface area contributed by atoms with Crippen LogP contribution in [-0.2, 0) is 9.47 Å². The Bertz CT molecular complexity index is 1320. The van der Waals surface area contributed by atoms with Crippen molar-refractivity contribution in [2.24, 2.45) is 0 Å². The largest absolute Gasteiger partial charge is 0.465 e. The maximum absolute atomic E-state index is 13.5. The lowest BCUT2D eigenvalue weighted by Crippen LogP contribution is -2.15. The molecule has 2 heterocycles. The van der Waals surface area contributed by atoms with E-state index in [1.165, 1.54) is 14.2 Å². The van der Waals surface area contributed by atoms with Crippen molar-refractivity contribution in [3.05, 3.63) is 87.5 Å². The van der Waals surface area contributed by atoms with E-state index in [9.17, 15) is 14.4 Å². The number of carbonyl (C=O) groups is 3. The fourth-order valence-electron chi connectivity index (χ4n) is 3.58. The van der Waals surface area contributed by atoms with Gasteiger partial charge in [0.15, 0.2) is 0 Å². The fraction of sp³-hybridized carbons (Fsp3) is 0.0870. The Morgan fingerprint density at radius 3 is 2.10 bits per heavy atom. The number of nitrogens with zero attached hydrogens (tertiary/aromatic N) is 1. The van der Waals surface area contributed by atoms with Crippen LogP contribution in [0.5, 0.6) is 0 Å². The highest BCUT2D eigenvalue weighted by Crippen LogP contribution is 2.32. The molecule has 30 heavy (non-hydrogen) atoms. The van der Waals surface area contributed by atoms with E-state index in [-0.39, 0.29) is 16.8 Å². The van der Waals surface area contributed by atoms with Crippen LogP contribution in [0.25, 0.3) is 16.4 Å². The smallest absolute Gasteiger partial charge is 0.341 e. The van der Waals surface area contributed by atoms with Crippen molar-refractivity contribution in [2.75, 3.05) is 14.2 Å². The van der Waals surface area contributed by atoms with Crippen LogP contribution in [-0.4, -0.2) is 36.3 Å². The summed E-state index contributed by atoms with van der Waals surface area (Å²) in [4.78, 5) is 39.0. The van der Waals surface area contributed by atoms with E-state index in [2.05, 4.69) is 15.9 Å². The Morgan fingerprint density at radius 2 is 1.43 bits per heavy atom. The summed E-state index contributed by atoms with van der Waals surface area (Å²) < 4.78 is 12.4. The maximum atomic E-state index is 13.5. The second kappa shape index (κ2) is 7.76. The van der Waals surface area contributed by atoms with Crippen LogP contribution in [0.4, 0.5) is 0 Å². The van der Waals surface area contributed by atoms with E-state index in [4.69, 9.17) is 9.47 Å². The molecule has 0 bridgehead atoms. The third-order valence-electron chi connectivity index (χ3n) is 4.89. The predicted molar refractivity (Wildman–Crippen MR) is 115 cm³/mol. The molecule has 0 amide bonds. The van der Waals surface area contributed by atoms with Gasteiger partial charge in [-0.15, -0.1) is 0 Å². The normalized spacial score (nSPS) is 10.9. The van der Waals surface area contributed by atoms with Crippen LogP contribution < -0.4 is 0 Å². The van der Waals surface area contributed by atoms with Crippen molar-refractivity contribution >= 4 is 50.1 Å². The molecule has 2 aromatic carbocycles. The molecule has 0 N–H and O–H groups in total. The molecular weight excluding hydrogens is 450 g/mol. The van der Waals surface area contributed by atoms with Gasteiger partial charge in [0.2, 0.25) is 5.78 Å². The number of carbonyl (C=O) groups excluding carboxylic acids is 3. The van der Waals surface area contributed by atoms with Gasteiger partial charge in [0.1, 0.15) is 16.8 Å². The quantitative estimate of drug-likeness (QED) is 0.323. The summed E-state index contributed by atoms with van der Waals surface area (Å²) >= 11 is 3.44. The van der Waals surface area contributed by atoms with Crippen LogP contribution in [0, 0.1) is 0 Å². The molecule has 6 nitrogen and oxygen atoms in total. The summed E-state index contributed by atoms with van der Waals surface area (Å²) in [6, 6.07) is 17.6. The number of ketones is 1. The van der Waals surface area contributed by atoms with Gasteiger partial charge in [-0.1, -0.05) is 52.3 Å². The van der Waals surface area contributed by atoms with E-state index < -0.39 is 17.7 Å². The number of ether oxygens (including phenoxy) is 2. The summed E-state index contributed by atoms with van der Waals surface area (Å²) in [5.74, 6) is -1.92. The van der Waals surface area contributed by atoms with E-state index in [0.29, 0.717) is 16.6 Å². The van der Waals surface area contributed by atoms with Crippen molar-refractivity contribution in [1.82, 2.24) is 4.40 Å². The lowest BCUT2D eigenvalue weighted by molar-refractivity contribution is 0.0556. The minimum absolute atomic E-state index is 0.00606. The van der Waals surface area contributed by atoms with Crippen LogP contribution >= 0.6 is 15.9 Å². The first kappa shape index (κ1) is 19.8. The molecular formula is C23H16BrNO5. The average molecular weight is 466 g/mol. The van der Waals surface area contributed by atoms with Gasteiger partial charge in [-0.2, -0.15) is 0 Å². The maximum Gasteiger partial charge on any atom is 0.341 e. The number of hydrogen-bond acceptors (Lipinski definition) is 5. The monoisotopic (exact) mass is 465 g/mol. The number of aromatic nitrogens is 1. The number of methoxy groups -OCH3 is 2.